The van der Waals surface area contributed by atoms with Gasteiger partial charge in [0.1, 0.15) is 23.5 Å². The van der Waals surface area contributed by atoms with Crippen LogP contribution in [0.25, 0.3) is 6.08 Å². The molecule has 1 aromatic carbocycles. The molecule has 0 aliphatic carbocycles. The second-order valence-corrected chi connectivity index (χ2v) is 6.01. The maximum absolute atomic E-state index is 12.1. The zero-order chi connectivity index (χ0) is 16.2. The van der Waals surface area contributed by atoms with Crippen molar-refractivity contribution >= 4 is 12.0 Å². The first-order valence-electron chi connectivity index (χ1n) is 7.97. The van der Waals surface area contributed by atoms with Crippen molar-refractivity contribution in [3.8, 4) is 11.8 Å². The van der Waals surface area contributed by atoms with Crippen molar-refractivity contribution < 1.29 is 14.3 Å². The van der Waals surface area contributed by atoms with Gasteiger partial charge in [-0.1, -0.05) is 6.07 Å². The van der Waals surface area contributed by atoms with Crippen molar-refractivity contribution in [1.29, 1.82) is 5.26 Å². The predicted molar refractivity (Wildman–Crippen MR) is 85.8 cm³/mol. The smallest absolute Gasteiger partial charge is 0.262 e. The zero-order valence-corrected chi connectivity index (χ0v) is 13.2. The number of fused-ring (bicyclic) bond motifs is 1. The highest BCUT2D eigenvalue weighted by molar-refractivity contribution is 6.01. The summed E-state index contributed by atoms with van der Waals surface area (Å²) >= 11 is 0. The van der Waals surface area contributed by atoms with E-state index in [1.807, 2.05) is 31.2 Å². The number of amides is 1. The minimum absolute atomic E-state index is 0.0672. The van der Waals surface area contributed by atoms with Gasteiger partial charge in [0.2, 0.25) is 0 Å². The standard InChI is InChI=1S/C18H20N2O3/c1-12-7-14-8-13(4-5-17(14)23-12)9-15(10-19)18(21)20-11-16-3-2-6-22-16/h4-5,8-9,12,16H,2-3,6-7,11H2,1H3,(H,20,21)/b15-9+/t12-,16+/m1/s1. The molecule has 5 heteroatoms. The van der Waals surface area contributed by atoms with Gasteiger partial charge in [-0.15, -0.1) is 0 Å². The fourth-order valence-corrected chi connectivity index (χ4v) is 2.95. The van der Waals surface area contributed by atoms with Gasteiger partial charge >= 0.3 is 0 Å². The number of ether oxygens (including phenoxy) is 2. The molecular formula is C18H20N2O3. The molecule has 120 valence electrons. The number of rotatable bonds is 4. The highest BCUT2D eigenvalue weighted by Gasteiger charge is 2.20. The SMILES string of the molecule is C[C@@H]1Cc2cc(/C=C(\C#N)C(=O)NC[C@@H]3CCCO3)ccc2O1. The fraction of sp³-hybridized carbons (Fsp3) is 0.444. The summed E-state index contributed by atoms with van der Waals surface area (Å²) in [7, 11) is 0. The Morgan fingerprint density at radius 3 is 3.13 bits per heavy atom. The van der Waals surface area contributed by atoms with Crippen molar-refractivity contribution in [3.05, 3.63) is 34.9 Å². The molecule has 0 saturated carbocycles. The van der Waals surface area contributed by atoms with Crippen LogP contribution < -0.4 is 10.1 Å². The van der Waals surface area contributed by atoms with E-state index in [-0.39, 0.29) is 23.7 Å². The number of nitriles is 1. The van der Waals surface area contributed by atoms with Gasteiger partial charge in [-0.2, -0.15) is 5.26 Å². The van der Waals surface area contributed by atoms with Gasteiger partial charge in [-0.25, -0.2) is 0 Å². The fourth-order valence-electron chi connectivity index (χ4n) is 2.95. The summed E-state index contributed by atoms with van der Waals surface area (Å²) in [5, 5.41) is 12.0. The van der Waals surface area contributed by atoms with Crippen LogP contribution in [-0.2, 0) is 16.0 Å². The molecule has 0 spiro atoms. The van der Waals surface area contributed by atoms with E-state index in [1.54, 1.807) is 6.08 Å². The van der Waals surface area contributed by atoms with Crippen molar-refractivity contribution in [3.63, 3.8) is 0 Å². The summed E-state index contributed by atoms with van der Waals surface area (Å²) in [6.45, 7) is 3.22. The maximum Gasteiger partial charge on any atom is 0.262 e. The lowest BCUT2D eigenvalue weighted by Crippen LogP contribution is -2.32. The summed E-state index contributed by atoms with van der Waals surface area (Å²) < 4.78 is 11.1. The number of nitrogens with one attached hydrogen (secondary N) is 1. The van der Waals surface area contributed by atoms with Crippen LogP contribution in [0.1, 0.15) is 30.9 Å². The molecule has 2 aliphatic heterocycles. The zero-order valence-electron chi connectivity index (χ0n) is 13.2. The molecule has 2 heterocycles. The molecule has 0 aromatic heterocycles. The van der Waals surface area contributed by atoms with E-state index in [1.165, 1.54) is 0 Å². The highest BCUT2D eigenvalue weighted by atomic mass is 16.5. The first kappa shape index (κ1) is 15.6. The molecule has 5 nitrogen and oxygen atoms in total. The van der Waals surface area contributed by atoms with Gasteiger partial charge in [0.05, 0.1) is 6.10 Å². The van der Waals surface area contributed by atoms with Crippen molar-refractivity contribution in [2.75, 3.05) is 13.2 Å². The molecule has 0 unspecified atom stereocenters. The van der Waals surface area contributed by atoms with E-state index in [0.29, 0.717) is 6.54 Å². The van der Waals surface area contributed by atoms with Gasteiger partial charge < -0.3 is 14.8 Å². The molecular weight excluding hydrogens is 292 g/mol. The number of carbonyl (C=O) groups is 1. The third kappa shape index (κ3) is 3.72. The minimum atomic E-state index is -0.354. The van der Waals surface area contributed by atoms with Crippen molar-refractivity contribution in [1.82, 2.24) is 5.32 Å². The summed E-state index contributed by atoms with van der Waals surface area (Å²) in [4.78, 5) is 12.1. The number of carbonyl (C=O) groups excluding carboxylic acids is 1. The third-order valence-corrected chi connectivity index (χ3v) is 4.11. The monoisotopic (exact) mass is 312 g/mol. The Balaban J connectivity index is 1.67. The van der Waals surface area contributed by atoms with Gasteiger partial charge in [0.15, 0.2) is 0 Å². The topological polar surface area (TPSA) is 71.4 Å². The van der Waals surface area contributed by atoms with E-state index in [0.717, 1.165) is 42.7 Å². The molecule has 2 atom stereocenters. The van der Waals surface area contributed by atoms with Gasteiger partial charge in [0, 0.05) is 19.6 Å². The Morgan fingerprint density at radius 1 is 1.52 bits per heavy atom. The van der Waals surface area contributed by atoms with E-state index in [4.69, 9.17) is 9.47 Å². The summed E-state index contributed by atoms with van der Waals surface area (Å²) in [5.74, 6) is 0.532. The van der Waals surface area contributed by atoms with Crippen LogP contribution in [0.4, 0.5) is 0 Å². The lowest BCUT2D eigenvalue weighted by molar-refractivity contribution is -0.117. The lowest BCUT2D eigenvalue weighted by Gasteiger charge is -2.10. The molecule has 0 radical (unpaired) electrons. The van der Waals surface area contributed by atoms with E-state index in [2.05, 4.69) is 5.32 Å². The van der Waals surface area contributed by atoms with Crippen LogP contribution in [0.5, 0.6) is 5.75 Å². The number of hydrogen-bond donors (Lipinski definition) is 1. The number of nitrogens with zero attached hydrogens (tertiary/aromatic N) is 1. The minimum Gasteiger partial charge on any atom is -0.490 e. The van der Waals surface area contributed by atoms with Gasteiger partial charge in [-0.3, -0.25) is 4.79 Å². The second-order valence-electron chi connectivity index (χ2n) is 6.01. The molecule has 1 fully saturated rings. The van der Waals surface area contributed by atoms with Gasteiger partial charge in [0.25, 0.3) is 5.91 Å². The highest BCUT2D eigenvalue weighted by Crippen LogP contribution is 2.29. The van der Waals surface area contributed by atoms with Crippen molar-refractivity contribution in [2.24, 2.45) is 0 Å². The van der Waals surface area contributed by atoms with Crippen LogP contribution in [-0.4, -0.2) is 31.3 Å². The van der Waals surface area contributed by atoms with E-state index >= 15 is 0 Å². The van der Waals surface area contributed by atoms with Crippen LogP contribution in [0, 0.1) is 11.3 Å². The Kier molecular flexibility index (Phi) is 4.63. The first-order valence-corrected chi connectivity index (χ1v) is 7.97. The molecule has 1 N–H and O–H groups in total. The van der Waals surface area contributed by atoms with Gasteiger partial charge in [-0.05, 0) is 49.1 Å². The Labute approximate surface area is 135 Å². The number of benzene rings is 1. The molecule has 1 amide bonds. The molecule has 23 heavy (non-hydrogen) atoms. The normalized spacial score (nSPS) is 23.0. The van der Waals surface area contributed by atoms with E-state index < -0.39 is 0 Å². The molecule has 3 rings (SSSR count). The van der Waals surface area contributed by atoms with Crippen LogP contribution in [0.15, 0.2) is 23.8 Å². The van der Waals surface area contributed by atoms with E-state index in [9.17, 15) is 10.1 Å². The van der Waals surface area contributed by atoms with Crippen molar-refractivity contribution in [2.45, 2.75) is 38.4 Å². The predicted octanol–water partition coefficient (Wildman–Crippen LogP) is 2.21. The average molecular weight is 312 g/mol. The summed E-state index contributed by atoms with van der Waals surface area (Å²) in [5.41, 5.74) is 2.06. The average Bonchev–Trinajstić information content (AvgIpc) is 3.18. The Hall–Kier alpha value is -2.32. The second kappa shape index (κ2) is 6.84. The van der Waals surface area contributed by atoms with Crippen LogP contribution in [0.2, 0.25) is 0 Å². The Bertz CT molecular complexity index is 669. The quantitative estimate of drug-likeness (QED) is 0.683. The summed E-state index contributed by atoms with van der Waals surface area (Å²) in [6, 6.07) is 7.71. The third-order valence-electron chi connectivity index (χ3n) is 4.11. The largest absolute Gasteiger partial charge is 0.490 e. The number of hydrogen-bond acceptors (Lipinski definition) is 4. The maximum atomic E-state index is 12.1. The molecule has 1 saturated heterocycles. The van der Waals surface area contributed by atoms with Crippen LogP contribution in [0.3, 0.4) is 0 Å². The molecule has 0 bridgehead atoms. The summed E-state index contributed by atoms with van der Waals surface area (Å²) in [6.07, 6.45) is 4.69. The Morgan fingerprint density at radius 2 is 2.39 bits per heavy atom. The lowest BCUT2D eigenvalue weighted by atomic mass is 10.0. The molecule has 1 aromatic rings. The van der Waals surface area contributed by atoms with Crippen LogP contribution >= 0.6 is 0 Å². The molecule has 2 aliphatic rings. The first-order chi connectivity index (χ1) is 11.2.